The number of hydrogen-bond donors (Lipinski definition) is 0. The second kappa shape index (κ2) is 4.20. The van der Waals surface area contributed by atoms with E-state index in [1.54, 1.807) is 13.0 Å². The van der Waals surface area contributed by atoms with E-state index in [1.807, 2.05) is 0 Å². The number of hydrogen-bond acceptors (Lipinski definition) is 3. The van der Waals surface area contributed by atoms with Crippen molar-refractivity contribution in [2.45, 2.75) is 19.5 Å². The van der Waals surface area contributed by atoms with Crippen LogP contribution < -0.4 is 0 Å². The molecule has 17 heavy (non-hydrogen) atoms. The Kier molecular flexibility index (Phi) is 2.87. The first-order valence-electron chi connectivity index (χ1n) is 4.91. The molecule has 6 heteroatoms. The standard InChI is InChI=1S/C11H9F3N2O/c1-7-15-10(17-16-7)6-8-4-2-3-5-9(8)11(12,13)14/h2-5H,6H2,1H3. The normalized spacial score (nSPS) is 11.8. The fourth-order valence-corrected chi connectivity index (χ4v) is 1.53. The van der Waals surface area contributed by atoms with Crippen LogP contribution in [0.2, 0.25) is 0 Å². The molecule has 0 radical (unpaired) electrons. The fraction of sp³-hybridized carbons (Fsp3) is 0.273. The van der Waals surface area contributed by atoms with E-state index in [0.29, 0.717) is 5.82 Å². The minimum absolute atomic E-state index is 0.0173. The number of benzene rings is 1. The van der Waals surface area contributed by atoms with Crippen molar-refractivity contribution in [3.8, 4) is 0 Å². The molecule has 3 nitrogen and oxygen atoms in total. The molecule has 1 heterocycles. The summed E-state index contributed by atoms with van der Waals surface area (Å²) in [4.78, 5) is 3.88. The number of aryl methyl sites for hydroxylation is 1. The maximum Gasteiger partial charge on any atom is 0.416 e. The van der Waals surface area contributed by atoms with E-state index >= 15 is 0 Å². The molecule has 0 saturated carbocycles. The Balaban J connectivity index is 2.33. The Bertz CT molecular complexity index is 519. The van der Waals surface area contributed by atoms with Crippen molar-refractivity contribution < 1.29 is 17.7 Å². The van der Waals surface area contributed by atoms with E-state index < -0.39 is 11.7 Å². The molecule has 0 bridgehead atoms. The van der Waals surface area contributed by atoms with Crippen molar-refractivity contribution in [2.75, 3.05) is 0 Å². The molecule has 1 aromatic heterocycles. The Morgan fingerprint density at radius 1 is 1.24 bits per heavy atom. The van der Waals surface area contributed by atoms with Crippen molar-refractivity contribution in [1.29, 1.82) is 0 Å². The smallest absolute Gasteiger partial charge is 0.339 e. The summed E-state index contributed by atoms with van der Waals surface area (Å²) in [5, 5.41) is 3.54. The van der Waals surface area contributed by atoms with Gasteiger partial charge in [-0.1, -0.05) is 23.4 Å². The first kappa shape index (κ1) is 11.6. The van der Waals surface area contributed by atoms with Crippen LogP contribution in [0.5, 0.6) is 0 Å². The Morgan fingerprint density at radius 3 is 2.53 bits per heavy atom. The van der Waals surface area contributed by atoms with Gasteiger partial charge in [-0.05, 0) is 18.6 Å². The molecule has 2 rings (SSSR count). The Morgan fingerprint density at radius 2 is 1.94 bits per heavy atom. The van der Waals surface area contributed by atoms with Crippen LogP contribution in [0, 0.1) is 6.92 Å². The van der Waals surface area contributed by atoms with Crippen LogP contribution in [-0.2, 0) is 12.6 Å². The molecule has 0 fully saturated rings. The van der Waals surface area contributed by atoms with Crippen molar-refractivity contribution in [3.63, 3.8) is 0 Å². The van der Waals surface area contributed by atoms with Gasteiger partial charge in [0.1, 0.15) is 0 Å². The predicted octanol–water partition coefficient (Wildman–Crippen LogP) is 2.99. The molecule has 0 aliphatic carbocycles. The van der Waals surface area contributed by atoms with E-state index in [-0.39, 0.29) is 17.9 Å². The van der Waals surface area contributed by atoms with Gasteiger partial charge in [-0.25, -0.2) is 0 Å². The van der Waals surface area contributed by atoms with Crippen LogP contribution in [0.25, 0.3) is 0 Å². The van der Waals surface area contributed by atoms with Crippen LogP contribution >= 0.6 is 0 Å². The van der Waals surface area contributed by atoms with Gasteiger partial charge >= 0.3 is 6.18 Å². The number of halogens is 3. The van der Waals surface area contributed by atoms with E-state index in [9.17, 15) is 13.2 Å². The topological polar surface area (TPSA) is 38.9 Å². The third-order valence-electron chi connectivity index (χ3n) is 2.23. The van der Waals surface area contributed by atoms with Crippen molar-refractivity contribution in [1.82, 2.24) is 10.1 Å². The zero-order chi connectivity index (χ0) is 12.5. The van der Waals surface area contributed by atoms with E-state index in [0.717, 1.165) is 6.07 Å². The van der Waals surface area contributed by atoms with Gasteiger partial charge in [0.15, 0.2) is 5.82 Å². The van der Waals surface area contributed by atoms with Gasteiger partial charge in [0.2, 0.25) is 5.89 Å². The molecule has 2 aromatic rings. The second-order valence-corrected chi connectivity index (χ2v) is 3.57. The highest BCUT2D eigenvalue weighted by molar-refractivity contribution is 5.31. The molecule has 0 spiro atoms. The molecule has 0 amide bonds. The highest BCUT2D eigenvalue weighted by Crippen LogP contribution is 2.32. The van der Waals surface area contributed by atoms with Gasteiger partial charge in [-0.3, -0.25) is 0 Å². The largest absolute Gasteiger partial charge is 0.416 e. The Labute approximate surface area is 95.3 Å². The molecule has 0 aliphatic rings. The lowest BCUT2D eigenvalue weighted by Gasteiger charge is -2.10. The summed E-state index contributed by atoms with van der Waals surface area (Å²) in [7, 11) is 0. The van der Waals surface area contributed by atoms with E-state index in [2.05, 4.69) is 10.1 Å². The van der Waals surface area contributed by atoms with Gasteiger partial charge < -0.3 is 4.52 Å². The molecule has 0 N–H and O–H groups in total. The van der Waals surface area contributed by atoms with E-state index in [1.165, 1.54) is 12.1 Å². The van der Waals surface area contributed by atoms with Crippen molar-refractivity contribution >= 4 is 0 Å². The zero-order valence-corrected chi connectivity index (χ0v) is 8.95. The summed E-state index contributed by atoms with van der Waals surface area (Å²) in [6, 6.07) is 5.35. The minimum atomic E-state index is -4.37. The Hall–Kier alpha value is -1.85. The van der Waals surface area contributed by atoms with Crippen LogP contribution in [0.4, 0.5) is 13.2 Å². The van der Waals surface area contributed by atoms with Crippen LogP contribution in [0.3, 0.4) is 0 Å². The van der Waals surface area contributed by atoms with Crippen LogP contribution in [0.15, 0.2) is 28.8 Å². The maximum atomic E-state index is 12.7. The average molecular weight is 242 g/mol. The summed E-state index contributed by atoms with van der Waals surface area (Å²) in [5.74, 6) is 0.587. The molecule has 90 valence electrons. The summed E-state index contributed by atoms with van der Waals surface area (Å²) < 4.78 is 42.9. The summed E-state index contributed by atoms with van der Waals surface area (Å²) in [6.45, 7) is 1.61. The van der Waals surface area contributed by atoms with Gasteiger partial charge in [0.05, 0.1) is 12.0 Å². The molecule has 0 aliphatic heterocycles. The highest BCUT2D eigenvalue weighted by atomic mass is 19.4. The lowest BCUT2D eigenvalue weighted by Crippen LogP contribution is -2.09. The molecule has 0 unspecified atom stereocenters. The minimum Gasteiger partial charge on any atom is -0.339 e. The highest BCUT2D eigenvalue weighted by Gasteiger charge is 2.33. The molecular formula is C11H9F3N2O. The SMILES string of the molecule is Cc1noc(Cc2ccccc2C(F)(F)F)n1. The molecule has 0 atom stereocenters. The molecular weight excluding hydrogens is 233 g/mol. The fourth-order valence-electron chi connectivity index (χ4n) is 1.53. The number of aromatic nitrogens is 2. The van der Waals surface area contributed by atoms with Gasteiger partial charge in [0.25, 0.3) is 0 Å². The first-order chi connectivity index (χ1) is 7.97. The third kappa shape index (κ3) is 2.64. The van der Waals surface area contributed by atoms with Gasteiger partial charge in [-0.15, -0.1) is 0 Å². The number of nitrogens with zero attached hydrogens (tertiary/aromatic N) is 2. The first-order valence-corrected chi connectivity index (χ1v) is 4.91. The lowest BCUT2D eigenvalue weighted by atomic mass is 10.0. The summed E-state index contributed by atoms with van der Waals surface area (Å²) in [6.07, 6.45) is -4.39. The summed E-state index contributed by atoms with van der Waals surface area (Å²) >= 11 is 0. The predicted molar refractivity (Wildman–Crippen MR) is 53.3 cm³/mol. The molecule has 1 aromatic carbocycles. The molecule has 0 saturated heterocycles. The summed E-state index contributed by atoms with van der Waals surface area (Å²) in [5.41, 5.74) is -0.542. The average Bonchev–Trinajstić information content (AvgIpc) is 2.63. The second-order valence-electron chi connectivity index (χ2n) is 3.57. The van der Waals surface area contributed by atoms with Gasteiger partial charge in [0, 0.05) is 0 Å². The van der Waals surface area contributed by atoms with Gasteiger partial charge in [-0.2, -0.15) is 18.2 Å². The lowest BCUT2D eigenvalue weighted by molar-refractivity contribution is -0.138. The van der Waals surface area contributed by atoms with Crippen LogP contribution in [-0.4, -0.2) is 10.1 Å². The van der Waals surface area contributed by atoms with E-state index in [4.69, 9.17) is 4.52 Å². The zero-order valence-electron chi connectivity index (χ0n) is 8.95. The monoisotopic (exact) mass is 242 g/mol. The van der Waals surface area contributed by atoms with Crippen LogP contribution in [0.1, 0.15) is 22.8 Å². The number of rotatable bonds is 2. The third-order valence-corrected chi connectivity index (χ3v) is 2.23. The number of alkyl halides is 3. The van der Waals surface area contributed by atoms with Crippen molar-refractivity contribution in [2.24, 2.45) is 0 Å². The maximum absolute atomic E-state index is 12.7. The quantitative estimate of drug-likeness (QED) is 0.812. The van der Waals surface area contributed by atoms with Crippen molar-refractivity contribution in [3.05, 3.63) is 47.1 Å².